The largest absolute Gasteiger partial charge is 0.426 e. The number of fused-ring (bicyclic) bond motifs is 1. The lowest BCUT2D eigenvalue weighted by Crippen LogP contribution is -2.19. The van der Waals surface area contributed by atoms with E-state index in [9.17, 15) is 35.5 Å². The Kier molecular flexibility index (Phi) is 10.8. The van der Waals surface area contributed by atoms with Crippen LogP contribution >= 0.6 is 0 Å². The fourth-order valence-electron chi connectivity index (χ4n) is 3.66. The maximum atomic E-state index is 14.7. The first-order chi connectivity index (χ1) is 20.6. The standard InChI is InChI=1S/C21H17F4N5O2.C6H10F3N3/c1-12-28-29-18(32-12)4-2-3-6-30-7-5-13-8-16(17(22)9-15(13)20(30)31)19-26-10-14(11-27-19)21(23,24)25;1-4(6(7,8)9)5(10)3-12-11-2/h5,7-11H,2-4,6H2,1H3;3,11H,10H2,1-2H3/b;5-4-,12-3-. The van der Waals surface area contributed by atoms with E-state index in [4.69, 9.17) is 10.2 Å². The summed E-state index contributed by atoms with van der Waals surface area (Å²) in [6, 6.07) is 4.06. The number of hydrazone groups is 1. The molecule has 0 fully saturated rings. The molecule has 4 aromatic rings. The number of nitrogens with one attached hydrogen (secondary N) is 1. The van der Waals surface area contributed by atoms with Gasteiger partial charge in [-0.15, -0.1) is 10.2 Å². The summed E-state index contributed by atoms with van der Waals surface area (Å²) in [7, 11) is 1.46. The first-order valence-electron chi connectivity index (χ1n) is 12.9. The number of aryl methyl sites for hydroxylation is 3. The minimum Gasteiger partial charge on any atom is -0.426 e. The number of nitrogens with two attached hydrogens (primary N) is 1. The summed E-state index contributed by atoms with van der Waals surface area (Å²) in [5, 5.41) is 11.6. The number of hydrogen-bond acceptors (Lipinski definition) is 9. The molecule has 3 N–H and O–H groups in total. The van der Waals surface area contributed by atoms with Crippen LogP contribution in [0.3, 0.4) is 0 Å². The average molecular weight is 629 g/mol. The van der Waals surface area contributed by atoms with E-state index < -0.39 is 35.0 Å². The monoisotopic (exact) mass is 628 g/mol. The molecule has 4 rings (SSSR count). The fourth-order valence-corrected chi connectivity index (χ4v) is 3.66. The van der Waals surface area contributed by atoms with E-state index in [0.717, 1.165) is 25.6 Å². The Bertz CT molecular complexity index is 1690. The SMILES string of the molecule is CN/N=C\C(N)=C(/C)C(F)(F)F.Cc1nnc(CCCCn2ccc3cc(-c4ncc(C(F)(F)F)cn4)c(F)cc3c2=O)o1. The van der Waals surface area contributed by atoms with Crippen LogP contribution < -0.4 is 16.7 Å². The predicted molar refractivity (Wildman–Crippen MR) is 147 cm³/mol. The predicted octanol–water partition coefficient (Wildman–Crippen LogP) is 5.32. The van der Waals surface area contributed by atoms with Gasteiger partial charge in [-0.2, -0.15) is 31.4 Å². The van der Waals surface area contributed by atoms with E-state index in [-0.39, 0.29) is 22.3 Å². The third kappa shape index (κ3) is 8.84. The molecule has 0 unspecified atom stereocenters. The van der Waals surface area contributed by atoms with Crippen LogP contribution in [0.2, 0.25) is 0 Å². The normalized spacial score (nSPS) is 12.7. The van der Waals surface area contributed by atoms with E-state index >= 15 is 0 Å². The highest BCUT2D eigenvalue weighted by Gasteiger charge is 2.32. The molecule has 0 saturated heterocycles. The average Bonchev–Trinajstić information content (AvgIpc) is 3.39. The molecule has 0 bridgehead atoms. The van der Waals surface area contributed by atoms with Crippen molar-refractivity contribution in [3.8, 4) is 11.4 Å². The first-order valence-corrected chi connectivity index (χ1v) is 12.9. The number of pyridine rings is 1. The van der Waals surface area contributed by atoms with Gasteiger partial charge in [0.2, 0.25) is 11.8 Å². The number of halogens is 7. The third-order valence-electron chi connectivity index (χ3n) is 6.08. The van der Waals surface area contributed by atoms with Crippen LogP contribution in [0.25, 0.3) is 22.2 Å². The number of hydrogen-bond donors (Lipinski definition) is 2. The van der Waals surface area contributed by atoms with Gasteiger partial charge in [-0.1, -0.05) is 0 Å². The van der Waals surface area contributed by atoms with Gasteiger partial charge in [0, 0.05) is 45.5 Å². The molecule has 1 aromatic carbocycles. The topological polar surface area (TPSA) is 137 Å². The Morgan fingerprint density at radius 2 is 1.80 bits per heavy atom. The molecule has 17 heteroatoms. The van der Waals surface area contributed by atoms with Crippen LogP contribution in [0.1, 0.15) is 37.1 Å². The number of alkyl halides is 6. The molecule has 0 aliphatic rings. The number of nitrogens with zero attached hydrogens (tertiary/aromatic N) is 6. The molecule has 10 nitrogen and oxygen atoms in total. The quantitative estimate of drug-likeness (QED) is 0.116. The zero-order valence-corrected chi connectivity index (χ0v) is 23.6. The van der Waals surface area contributed by atoms with Crippen LogP contribution in [0.5, 0.6) is 0 Å². The molecular formula is C27H27F7N8O2. The van der Waals surface area contributed by atoms with Gasteiger partial charge in [-0.3, -0.25) is 4.79 Å². The molecule has 0 amide bonds. The minimum absolute atomic E-state index is 0.0850. The van der Waals surface area contributed by atoms with Crippen molar-refractivity contribution in [2.75, 3.05) is 7.05 Å². The van der Waals surface area contributed by atoms with Crippen molar-refractivity contribution in [3.05, 3.63) is 81.6 Å². The highest BCUT2D eigenvalue weighted by atomic mass is 19.4. The summed E-state index contributed by atoms with van der Waals surface area (Å²) >= 11 is 0. The van der Waals surface area contributed by atoms with Gasteiger partial charge in [-0.25, -0.2) is 14.4 Å². The number of benzene rings is 1. The van der Waals surface area contributed by atoms with Crippen molar-refractivity contribution in [1.82, 2.24) is 30.2 Å². The molecule has 3 heterocycles. The smallest absolute Gasteiger partial charge is 0.419 e. The lowest BCUT2D eigenvalue weighted by atomic mass is 10.1. The number of aromatic nitrogens is 5. The highest BCUT2D eigenvalue weighted by molar-refractivity contribution is 5.86. The van der Waals surface area contributed by atoms with Crippen molar-refractivity contribution in [2.45, 2.75) is 52.0 Å². The van der Waals surface area contributed by atoms with Gasteiger partial charge in [0.25, 0.3) is 5.56 Å². The van der Waals surface area contributed by atoms with Crippen LogP contribution in [0.15, 0.2) is 62.4 Å². The molecule has 44 heavy (non-hydrogen) atoms. The van der Waals surface area contributed by atoms with E-state index in [2.05, 4.69) is 30.7 Å². The Morgan fingerprint density at radius 1 is 1.11 bits per heavy atom. The second-order valence-corrected chi connectivity index (χ2v) is 9.26. The number of allylic oxidation sites excluding steroid dienone is 2. The van der Waals surface area contributed by atoms with Crippen LogP contribution in [-0.4, -0.2) is 44.2 Å². The summed E-state index contributed by atoms with van der Waals surface area (Å²) in [5.74, 6) is 0.0407. The van der Waals surface area contributed by atoms with Gasteiger partial charge < -0.3 is 20.1 Å². The Morgan fingerprint density at radius 3 is 2.36 bits per heavy atom. The molecule has 3 aromatic heterocycles. The zero-order valence-electron chi connectivity index (χ0n) is 23.6. The van der Waals surface area contributed by atoms with Crippen LogP contribution in [0, 0.1) is 12.7 Å². The van der Waals surface area contributed by atoms with Crippen molar-refractivity contribution in [1.29, 1.82) is 0 Å². The Hall–Kier alpha value is -4.83. The van der Waals surface area contributed by atoms with E-state index in [1.807, 2.05) is 0 Å². The Labute approximate surface area is 245 Å². The van der Waals surface area contributed by atoms with Crippen molar-refractivity contribution < 1.29 is 35.2 Å². The number of rotatable bonds is 8. The van der Waals surface area contributed by atoms with Gasteiger partial charge >= 0.3 is 12.4 Å². The maximum absolute atomic E-state index is 14.7. The number of unbranched alkanes of at least 4 members (excludes halogenated alkanes) is 1. The molecule has 0 aliphatic carbocycles. The summed E-state index contributed by atoms with van der Waals surface area (Å²) in [6.07, 6.45) is -3.27. The lowest BCUT2D eigenvalue weighted by molar-refractivity contribution is -0.138. The van der Waals surface area contributed by atoms with E-state index in [0.29, 0.717) is 48.9 Å². The molecule has 0 radical (unpaired) electrons. The van der Waals surface area contributed by atoms with Gasteiger partial charge in [0.05, 0.1) is 34.0 Å². The van der Waals surface area contributed by atoms with Crippen LogP contribution in [-0.2, 0) is 19.1 Å². The maximum Gasteiger partial charge on any atom is 0.419 e. The minimum atomic E-state index is -4.59. The second kappa shape index (κ2) is 14.1. The van der Waals surface area contributed by atoms with Gasteiger partial charge in [-0.05, 0) is 43.4 Å². The van der Waals surface area contributed by atoms with Crippen molar-refractivity contribution in [2.24, 2.45) is 10.8 Å². The molecular weight excluding hydrogens is 601 g/mol. The summed E-state index contributed by atoms with van der Waals surface area (Å²) in [6.45, 7) is 3.03. The summed E-state index contributed by atoms with van der Waals surface area (Å²) in [5.41, 5.74) is 4.64. The molecule has 0 aliphatic heterocycles. The molecule has 0 saturated carbocycles. The van der Waals surface area contributed by atoms with Crippen molar-refractivity contribution >= 4 is 17.0 Å². The second-order valence-electron chi connectivity index (χ2n) is 9.26. The third-order valence-corrected chi connectivity index (χ3v) is 6.08. The van der Waals surface area contributed by atoms with Crippen LogP contribution in [0.4, 0.5) is 30.7 Å². The van der Waals surface area contributed by atoms with Gasteiger partial charge in [0.1, 0.15) is 5.82 Å². The fraction of sp³-hybridized carbons (Fsp3) is 0.333. The highest BCUT2D eigenvalue weighted by Crippen LogP contribution is 2.30. The Balaban J connectivity index is 0.000000375. The first kappa shape index (κ1) is 33.7. The van der Waals surface area contributed by atoms with E-state index in [1.165, 1.54) is 17.7 Å². The van der Waals surface area contributed by atoms with E-state index in [1.54, 1.807) is 19.2 Å². The van der Waals surface area contributed by atoms with Gasteiger partial charge in [0.15, 0.2) is 5.82 Å². The van der Waals surface area contributed by atoms with Crippen molar-refractivity contribution in [3.63, 3.8) is 0 Å². The summed E-state index contributed by atoms with van der Waals surface area (Å²) in [4.78, 5) is 20.0. The molecule has 0 spiro atoms. The zero-order chi connectivity index (χ0) is 32.7. The molecule has 236 valence electrons. The molecule has 0 atom stereocenters. The summed E-state index contributed by atoms with van der Waals surface area (Å²) < 4.78 is 95.2. The lowest BCUT2D eigenvalue weighted by Gasteiger charge is -2.10.